The molecule has 22 heavy (non-hydrogen) atoms. The molecular weight excluding hydrogens is 279 g/mol. The first kappa shape index (κ1) is 14.9. The molecule has 0 amide bonds. The van der Waals surface area contributed by atoms with Gasteiger partial charge in [-0.2, -0.15) is 0 Å². The summed E-state index contributed by atoms with van der Waals surface area (Å²) >= 11 is 0. The van der Waals surface area contributed by atoms with E-state index < -0.39 is 6.29 Å². The topological polar surface area (TPSA) is 36.9 Å². The average Bonchev–Trinajstić information content (AvgIpc) is 3.07. The monoisotopic (exact) mass is 296 g/mol. The van der Waals surface area contributed by atoms with Gasteiger partial charge in [0.1, 0.15) is 26.0 Å². The zero-order chi connectivity index (χ0) is 15.4. The molecule has 1 saturated heterocycles. The molecule has 5 heteroatoms. The fraction of sp³-hybridized carbons (Fsp3) is 0.294. The molecule has 0 spiro atoms. The highest BCUT2D eigenvalue weighted by Gasteiger charge is 2.23. The fourth-order valence-electron chi connectivity index (χ4n) is 2.35. The Morgan fingerprint density at radius 2 is 1.82 bits per heavy atom. The zero-order valence-electron chi connectivity index (χ0n) is 12.5. The Bertz CT molecular complexity index is 621. The van der Waals surface area contributed by atoms with Gasteiger partial charge in [-0.1, -0.05) is 29.7 Å². The molecular formula is C17H17BO4. The SMILES string of the molecule is [B]c1cccc(OCc2ccc(OC)cc2)c1C1OCCO1. The minimum Gasteiger partial charge on any atom is -0.497 e. The van der Waals surface area contributed by atoms with Crippen molar-refractivity contribution in [2.45, 2.75) is 12.9 Å². The summed E-state index contributed by atoms with van der Waals surface area (Å²) in [4.78, 5) is 0. The zero-order valence-corrected chi connectivity index (χ0v) is 12.5. The Labute approximate surface area is 131 Å². The number of benzene rings is 2. The maximum Gasteiger partial charge on any atom is 0.187 e. The lowest BCUT2D eigenvalue weighted by molar-refractivity contribution is -0.0450. The van der Waals surface area contributed by atoms with Crippen LogP contribution < -0.4 is 14.9 Å². The van der Waals surface area contributed by atoms with E-state index in [2.05, 4.69) is 0 Å². The van der Waals surface area contributed by atoms with E-state index in [0.717, 1.165) is 16.9 Å². The van der Waals surface area contributed by atoms with Gasteiger partial charge in [0, 0.05) is 5.56 Å². The number of ether oxygens (including phenoxy) is 4. The number of hydrogen-bond donors (Lipinski definition) is 0. The van der Waals surface area contributed by atoms with Crippen molar-refractivity contribution in [2.24, 2.45) is 0 Å². The van der Waals surface area contributed by atoms with Gasteiger partial charge in [-0.05, 0) is 23.8 Å². The quantitative estimate of drug-likeness (QED) is 0.792. The molecule has 1 aliphatic rings. The lowest BCUT2D eigenvalue weighted by atomic mass is 9.89. The Morgan fingerprint density at radius 3 is 2.50 bits per heavy atom. The van der Waals surface area contributed by atoms with Crippen molar-refractivity contribution in [1.82, 2.24) is 0 Å². The average molecular weight is 296 g/mol. The van der Waals surface area contributed by atoms with Gasteiger partial charge in [-0.25, -0.2) is 0 Å². The van der Waals surface area contributed by atoms with Crippen molar-refractivity contribution in [1.29, 1.82) is 0 Å². The molecule has 0 atom stereocenters. The van der Waals surface area contributed by atoms with E-state index in [1.54, 1.807) is 7.11 Å². The van der Waals surface area contributed by atoms with Gasteiger partial charge in [0.25, 0.3) is 0 Å². The standard InChI is InChI=1S/C17H17BO4/c1-19-13-7-5-12(6-8-13)11-22-15-4-2-3-14(18)16(15)17-20-9-10-21-17/h2-8,17H,9-11H2,1H3. The van der Waals surface area contributed by atoms with Crippen LogP contribution in [0.25, 0.3) is 0 Å². The Morgan fingerprint density at radius 1 is 1.09 bits per heavy atom. The van der Waals surface area contributed by atoms with Crippen LogP contribution in [0.4, 0.5) is 0 Å². The third-order valence-electron chi connectivity index (χ3n) is 3.51. The first-order valence-electron chi connectivity index (χ1n) is 7.15. The summed E-state index contributed by atoms with van der Waals surface area (Å²) in [6.45, 7) is 1.57. The van der Waals surface area contributed by atoms with Gasteiger partial charge in [-0.15, -0.1) is 0 Å². The predicted molar refractivity (Wildman–Crippen MR) is 83.8 cm³/mol. The summed E-state index contributed by atoms with van der Waals surface area (Å²) < 4.78 is 22.1. The molecule has 1 aliphatic heterocycles. The molecule has 0 bridgehead atoms. The molecule has 1 fully saturated rings. The summed E-state index contributed by atoms with van der Waals surface area (Å²) in [5.41, 5.74) is 2.41. The molecule has 0 saturated carbocycles. The Kier molecular flexibility index (Phi) is 4.66. The van der Waals surface area contributed by atoms with E-state index in [-0.39, 0.29) is 0 Å². The van der Waals surface area contributed by atoms with Gasteiger partial charge < -0.3 is 18.9 Å². The fourth-order valence-corrected chi connectivity index (χ4v) is 2.35. The van der Waals surface area contributed by atoms with Gasteiger partial charge >= 0.3 is 0 Å². The van der Waals surface area contributed by atoms with Crippen LogP contribution in [0.15, 0.2) is 42.5 Å². The van der Waals surface area contributed by atoms with Crippen molar-refractivity contribution >= 4 is 13.3 Å². The number of methoxy groups -OCH3 is 1. The highest BCUT2D eigenvalue weighted by Crippen LogP contribution is 2.30. The smallest absolute Gasteiger partial charge is 0.187 e. The summed E-state index contributed by atoms with van der Waals surface area (Å²) in [7, 11) is 7.70. The van der Waals surface area contributed by atoms with Crippen LogP contribution in [0.5, 0.6) is 11.5 Å². The van der Waals surface area contributed by atoms with E-state index in [1.165, 1.54) is 0 Å². The van der Waals surface area contributed by atoms with Gasteiger partial charge in [0.05, 0.1) is 20.3 Å². The molecule has 2 radical (unpaired) electrons. The Balaban J connectivity index is 1.75. The first-order valence-corrected chi connectivity index (χ1v) is 7.15. The molecule has 0 aromatic heterocycles. The summed E-state index contributed by atoms with van der Waals surface area (Å²) in [5.74, 6) is 1.50. The minimum atomic E-state index is -0.452. The van der Waals surface area contributed by atoms with Crippen molar-refractivity contribution in [2.75, 3.05) is 20.3 Å². The molecule has 112 valence electrons. The molecule has 2 aromatic rings. The second kappa shape index (κ2) is 6.86. The van der Waals surface area contributed by atoms with Crippen LogP contribution in [0.3, 0.4) is 0 Å². The van der Waals surface area contributed by atoms with Crippen LogP contribution in [0.1, 0.15) is 17.4 Å². The lowest BCUT2D eigenvalue weighted by Gasteiger charge is -2.18. The lowest BCUT2D eigenvalue weighted by Crippen LogP contribution is -2.17. The minimum absolute atomic E-state index is 0.438. The third kappa shape index (κ3) is 3.26. The van der Waals surface area contributed by atoms with Crippen LogP contribution in [-0.2, 0) is 16.1 Å². The van der Waals surface area contributed by atoms with Gasteiger partial charge in [-0.3, -0.25) is 0 Å². The van der Waals surface area contributed by atoms with E-state index in [1.807, 2.05) is 42.5 Å². The maximum absolute atomic E-state index is 6.05. The van der Waals surface area contributed by atoms with E-state index in [0.29, 0.717) is 31.0 Å². The van der Waals surface area contributed by atoms with Gasteiger partial charge in [0.15, 0.2) is 6.29 Å². The molecule has 2 aromatic carbocycles. The Hall–Kier alpha value is -1.98. The van der Waals surface area contributed by atoms with Crippen molar-refractivity contribution in [3.8, 4) is 11.5 Å². The summed E-state index contributed by atoms with van der Waals surface area (Å²) in [5, 5.41) is 0. The highest BCUT2D eigenvalue weighted by molar-refractivity contribution is 6.33. The molecule has 4 nitrogen and oxygen atoms in total. The van der Waals surface area contributed by atoms with E-state index in [9.17, 15) is 0 Å². The number of hydrogen-bond acceptors (Lipinski definition) is 4. The third-order valence-corrected chi connectivity index (χ3v) is 3.51. The van der Waals surface area contributed by atoms with E-state index >= 15 is 0 Å². The van der Waals surface area contributed by atoms with Crippen LogP contribution in [0, 0.1) is 0 Å². The first-order chi connectivity index (χ1) is 10.8. The predicted octanol–water partition coefficient (Wildman–Crippen LogP) is 2.11. The molecule has 1 heterocycles. The summed E-state index contributed by atoms with van der Waals surface area (Å²) in [6.07, 6.45) is -0.452. The van der Waals surface area contributed by atoms with Crippen LogP contribution in [0.2, 0.25) is 0 Å². The van der Waals surface area contributed by atoms with Crippen LogP contribution in [-0.4, -0.2) is 28.2 Å². The van der Waals surface area contributed by atoms with Gasteiger partial charge in [0.2, 0.25) is 0 Å². The van der Waals surface area contributed by atoms with Crippen LogP contribution >= 0.6 is 0 Å². The van der Waals surface area contributed by atoms with Crippen molar-refractivity contribution in [3.05, 3.63) is 53.6 Å². The highest BCUT2D eigenvalue weighted by atomic mass is 16.7. The second-order valence-electron chi connectivity index (χ2n) is 4.97. The van der Waals surface area contributed by atoms with Crippen molar-refractivity contribution < 1.29 is 18.9 Å². The van der Waals surface area contributed by atoms with E-state index in [4.69, 9.17) is 26.8 Å². The largest absolute Gasteiger partial charge is 0.497 e. The normalized spacial score (nSPS) is 15.0. The molecule has 0 unspecified atom stereocenters. The molecule has 3 rings (SSSR count). The molecule has 0 aliphatic carbocycles. The maximum atomic E-state index is 6.05. The summed E-state index contributed by atoms with van der Waals surface area (Å²) in [6, 6.07) is 13.3. The van der Waals surface area contributed by atoms with Crippen molar-refractivity contribution in [3.63, 3.8) is 0 Å². The molecule has 0 N–H and O–H groups in total. The second-order valence-corrected chi connectivity index (χ2v) is 4.97. The number of rotatable bonds is 5.